The number of methoxy groups -OCH3 is 1. The Morgan fingerprint density at radius 2 is 2.00 bits per heavy atom. The van der Waals surface area contributed by atoms with Crippen molar-refractivity contribution in [2.75, 3.05) is 20.2 Å². The number of rotatable bonds is 1. The van der Waals surface area contributed by atoms with Crippen LogP contribution >= 0.6 is 0 Å². The molecule has 148 valence electrons. The van der Waals surface area contributed by atoms with Crippen LogP contribution in [0.5, 0.6) is 0 Å². The van der Waals surface area contributed by atoms with Crippen LogP contribution in [0.4, 0.5) is 0 Å². The summed E-state index contributed by atoms with van der Waals surface area (Å²) >= 11 is 0. The molecule has 8 unspecified atom stereocenters. The summed E-state index contributed by atoms with van der Waals surface area (Å²) in [5.41, 5.74) is 2.90. The van der Waals surface area contributed by atoms with Crippen molar-refractivity contribution in [3.05, 3.63) is 11.1 Å². The molecular weight excluding hydrogens is 338 g/mol. The summed E-state index contributed by atoms with van der Waals surface area (Å²) in [6.07, 6.45) is 7.75. The van der Waals surface area contributed by atoms with Gasteiger partial charge in [-0.15, -0.1) is 0 Å². The van der Waals surface area contributed by atoms with Crippen molar-refractivity contribution in [1.82, 2.24) is 4.90 Å². The topological polar surface area (TPSA) is 49.8 Å². The average molecular weight is 372 g/mol. The van der Waals surface area contributed by atoms with Gasteiger partial charge in [0.15, 0.2) is 0 Å². The van der Waals surface area contributed by atoms with Gasteiger partial charge in [-0.1, -0.05) is 25.0 Å². The Morgan fingerprint density at radius 1 is 1.22 bits per heavy atom. The van der Waals surface area contributed by atoms with E-state index in [0.29, 0.717) is 17.8 Å². The number of hydrogen-bond acceptors (Lipinski definition) is 4. The highest BCUT2D eigenvalue weighted by Crippen LogP contribution is 2.77. The van der Waals surface area contributed by atoms with Gasteiger partial charge in [0.2, 0.25) is 0 Å². The summed E-state index contributed by atoms with van der Waals surface area (Å²) in [6, 6.07) is 0.202. The molecule has 4 bridgehead atoms. The van der Waals surface area contributed by atoms with E-state index in [1.165, 1.54) is 19.3 Å². The number of nitrogens with zero attached hydrogens (tertiary/aromatic N) is 1. The second-order valence-corrected chi connectivity index (χ2v) is 10.9. The van der Waals surface area contributed by atoms with E-state index >= 15 is 0 Å². The molecule has 27 heavy (non-hydrogen) atoms. The van der Waals surface area contributed by atoms with E-state index in [9.17, 15) is 9.90 Å². The normalized spacial score (nSPS) is 55.5. The van der Waals surface area contributed by atoms with Crippen LogP contribution in [-0.4, -0.2) is 47.8 Å². The van der Waals surface area contributed by atoms with Gasteiger partial charge >= 0.3 is 5.97 Å². The lowest BCUT2D eigenvalue weighted by atomic mass is 9.43. The highest BCUT2D eigenvalue weighted by molar-refractivity contribution is 5.75. The number of carbonyl (C=O) groups is 1. The number of allylic oxidation sites excluding steroid dienone is 1. The molecule has 4 fully saturated rings. The van der Waals surface area contributed by atoms with Crippen LogP contribution in [0.2, 0.25) is 0 Å². The van der Waals surface area contributed by atoms with E-state index in [1.54, 1.807) is 18.3 Å². The summed E-state index contributed by atoms with van der Waals surface area (Å²) in [5, 5.41) is 12.0. The lowest BCUT2D eigenvalue weighted by molar-refractivity contribution is -0.198. The minimum Gasteiger partial charge on any atom is -0.469 e. The lowest BCUT2D eigenvalue weighted by Crippen LogP contribution is -2.71. The summed E-state index contributed by atoms with van der Waals surface area (Å²) < 4.78 is 5.29. The number of carbonyl (C=O) groups excluding carboxylic acids is 1. The van der Waals surface area contributed by atoms with Crippen molar-refractivity contribution in [2.24, 2.45) is 34.5 Å². The minimum atomic E-state index is -0.592. The smallest absolute Gasteiger partial charge is 0.309 e. The Hall–Kier alpha value is -0.870. The number of esters is 1. The van der Waals surface area contributed by atoms with Crippen LogP contribution in [0.25, 0.3) is 0 Å². The Balaban J connectivity index is 1.62. The summed E-state index contributed by atoms with van der Waals surface area (Å²) in [5.74, 6) is 1.36. The predicted octanol–water partition coefficient (Wildman–Crippen LogP) is 3.15. The zero-order chi connectivity index (χ0) is 18.8. The first-order valence-corrected chi connectivity index (χ1v) is 11.1. The van der Waals surface area contributed by atoms with E-state index in [0.717, 1.165) is 38.8 Å². The first-order valence-electron chi connectivity index (χ1n) is 11.1. The maximum atomic E-state index is 12.8. The third-order valence-corrected chi connectivity index (χ3v) is 10.4. The van der Waals surface area contributed by atoms with Gasteiger partial charge < -0.3 is 9.84 Å². The summed E-state index contributed by atoms with van der Waals surface area (Å²) in [4.78, 5) is 15.5. The van der Waals surface area contributed by atoms with Crippen LogP contribution in [-0.2, 0) is 9.53 Å². The molecule has 4 nitrogen and oxygen atoms in total. The first kappa shape index (κ1) is 17.0. The molecule has 0 radical (unpaired) electrons. The van der Waals surface area contributed by atoms with Crippen LogP contribution in [0, 0.1) is 34.5 Å². The van der Waals surface area contributed by atoms with Crippen molar-refractivity contribution in [1.29, 1.82) is 0 Å². The van der Waals surface area contributed by atoms with Gasteiger partial charge in [0.1, 0.15) is 0 Å². The van der Waals surface area contributed by atoms with Gasteiger partial charge in [-0.2, -0.15) is 0 Å². The molecule has 4 heteroatoms. The SMILES string of the molecule is COC(=O)C1CC23C4=C(CCC41)CCC1CN4CC(C)C(O)(CCC12C)C43. The third kappa shape index (κ3) is 1.66. The number of ether oxygens (including phenoxy) is 1. The Kier molecular flexibility index (Phi) is 3.15. The van der Waals surface area contributed by atoms with Crippen LogP contribution in [0.1, 0.15) is 58.8 Å². The molecule has 8 atom stereocenters. The Bertz CT molecular complexity index is 761. The Labute approximate surface area is 162 Å². The highest BCUT2D eigenvalue weighted by Gasteiger charge is 2.77. The zero-order valence-electron chi connectivity index (χ0n) is 17.0. The largest absolute Gasteiger partial charge is 0.469 e. The van der Waals surface area contributed by atoms with E-state index in [2.05, 4.69) is 18.7 Å². The Morgan fingerprint density at radius 3 is 2.78 bits per heavy atom. The lowest BCUT2D eigenvalue weighted by Gasteiger charge is -2.67. The van der Waals surface area contributed by atoms with Gasteiger partial charge in [0, 0.05) is 24.5 Å². The van der Waals surface area contributed by atoms with Crippen LogP contribution in [0.15, 0.2) is 11.1 Å². The van der Waals surface area contributed by atoms with Gasteiger partial charge in [-0.3, -0.25) is 9.69 Å². The molecule has 0 aromatic heterocycles. The molecule has 2 aliphatic heterocycles. The molecule has 2 heterocycles. The standard InChI is InChI=1S/C23H33NO3/c1-13-11-24-12-15-6-4-14-5-7-16-17(19(25)27-3)10-22(18(14)16)20(24)23(13,26)9-8-21(15,22)2/h13,15-17,20,26H,4-12H2,1-3H3. The molecule has 0 amide bonds. The van der Waals surface area contributed by atoms with Crippen molar-refractivity contribution >= 4 is 5.97 Å². The molecular formula is C23H33NO3. The van der Waals surface area contributed by atoms with E-state index < -0.39 is 5.60 Å². The molecule has 6 rings (SSSR count). The first-order chi connectivity index (χ1) is 12.9. The molecule has 1 N–H and O–H groups in total. The van der Waals surface area contributed by atoms with Gasteiger partial charge in [-0.05, 0) is 68.1 Å². The molecule has 2 saturated heterocycles. The summed E-state index contributed by atoms with van der Waals surface area (Å²) in [7, 11) is 1.55. The monoisotopic (exact) mass is 371 g/mol. The fourth-order valence-electron chi connectivity index (χ4n) is 9.29. The molecule has 1 spiro atoms. The second-order valence-electron chi connectivity index (χ2n) is 10.9. The highest BCUT2D eigenvalue weighted by atomic mass is 16.5. The molecule has 4 aliphatic carbocycles. The van der Waals surface area contributed by atoms with Crippen molar-refractivity contribution in [3.63, 3.8) is 0 Å². The summed E-state index contributed by atoms with van der Waals surface area (Å²) in [6.45, 7) is 6.95. The third-order valence-electron chi connectivity index (χ3n) is 10.4. The van der Waals surface area contributed by atoms with E-state index in [4.69, 9.17) is 4.74 Å². The molecule has 0 aromatic carbocycles. The van der Waals surface area contributed by atoms with Gasteiger partial charge in [0.05, 0.1) is 18.6 Å². The maximum Gasteiger partial charge on any atom is 0.309 e. The molecule has 2 saturated carbocycles. The van der Waals surface area contributed by atoms with E-state index in [-0.39, 0.29) is 28.8 Å². The minimum absolute atomic E-state index is 0.00113. The number of piperidine rings is 1. The average Bonchev–Trinajstić information content (AvgIpc) is 3.26. The van der Waals surface area contributed by atoms with Crippen LogP contribution in [0.3, 0.4) is 0 Å². The number of aliphatic hydroxyl groups is 1. The van der Waals surface area contributed by atoms with Gasteiger partial charge in [-0.25, -0.2) is 0 Å². The molecule has 0 aromatic rings. The maximum absolute atomic E-state index is 12.8. The zero-order valence-corrected chi connectivity index (χ0v) is 17.0. The molecule has 6 aliphatic rings. The van der Waals surface area contributed by atoms with Crippen molar-refractivity contribution in [3.8, 4) is 0 Å². The second kappa shape index (κ2) is 4.99. The van der Waals surface area contributed by atoms with Gasteiger partial charge in [0.25, 0.3) is 0 Å². The van der Waals surface area contributed by atoms with Crippen molar-refractivity contribution in [2.45, 2.75) is 70.4 Å². The fourth-order valence-corrected chi connectivity index (χ4v) is 9.29. The fraction of sp³-hybridized carbons (Fsp3) is 0.870. The van der Waals surface area contributed by atoms with Crippen LogP contribution < -0.4 is 0 Å². The predicted molar refractivity (Wildman–Crippen MR) is 102 cm³/mol. The van der Waals surface area contributed by atoms with Crippen molar-refractivity contribution < 1.29 is 14.6 Å². The van der Waals surface area contributed by atoms with E-state index in [1.807, 2.05) is 0 Å². The number of hydrogen-bond donors (Lipinski definition) is 1. The quantitative estimate of drug-likeness (QED) is 0.568.